The normalized spacial score (nSPS) is 12.4. The van der Waals surface area contributed by atoms with Crippen LogP contribution in [0.15, 0.2) is 59.9 Å². The van der Waals surface area contributed by atoms with Crippen LogP contribution < -0.4 is 10.9 Å². The molecule has 33 heavy (non-hydrogen) atoms. The van der Waals surface area contributed by atoms with E-state index in [-0.39, 0.29) is 17.0 Å². The molecule has 0 aliphatic heterocycles. The summed E-state index contributed by atoms with van der Waals surface area (Å²) in [5.41, 5.74) is 1.86. The molecule has 0 fully saturated rings. The Kier molecular flexibility index (Phi) is 5.47. The molecule has 0 radical (unpaired) electrons. The SMILES string of the molecule is CC[C@H](Nc1ncnc2[nH]cnc12)c1cc2ccc(F)cc2c(=O)n1-c1ccc(Cl)cc1Cl. The molecule has 0 amide bonds. The number of rotatable bonds is 5. The number of benzene rings is 2. The van der Waals surface area contributed by atoms with Gasteiger partial charge in [-0.25, -0.2) is 19.3 Å². The maximum absolute atomic E-state index is 14.0. The molecule has 2 N–H and O–H groups in total. The van der Waals surface area contributed by atoms with Gasteiger partial charge in [-0.15, -0.1) is 0 Å². The highest BCUT2D eigenvalue weighted by molar-refractivity contribution is 6.35. The third-order valence-electron chi connectivity index (χ3n) is 5.45. The van der Waals surface area contributed by atoms with Crippen molar-refractivity contribution in [3.05, 3.63) is 87.0 Å². The van der Waals surface area contributed by atoms with E-state index in [0.717, 1.165) is 0 Å². The highest BCUT2D eigenvalue weighted by atomic mass is 35.5. The van der Waals surface area contributed by atoms with Crippen molar-refractivity contribution in [3.8, 4) is 5.69 Å². The van der Waals surface area contributed by atoms with Crippen LogP contribution in [0.3, 0.4) is 0 Å². The summed E-state index contributed by atoms with van der Waals surface area (Å²) in [4.78, 5) is 29.4. The van der Waals surface area contributed by atoms with E-state index < -0.39 is 5.82 Å². The molecule has 5 rings (SSSR count). The predicted molar refractivity (Wildman–Crippen MR) is 128 cm³/mol. The number of pyridine rings is 1. The molecule has 0 spiro atoms. The highest BCUT2D eigenvalue weighted by Gasteiger charge is 2.22. The molecule has 3 aromatic heterocycles. The van der Waals surface area contributed by atoms with E-state index in [2.05, 4.69) is 25.3 Å². The second-order valence-electron chi connectivity index (χ2n) is 7.46. The van der Waals surface area contributed by atoms with Crippen molar-refractivity contribution in [3.63, 3.8) is 0 Å². The summed E-state index contributed by atoms with van der Waals surface area (Å²) in [7, 11) is 0. The summed E-state index contributed by atoms with van der Waals surface area (Å²) >= 11 is 12.6. The Labute approximate surface area is 197 Å². The molecule has 2 aromatic carbocycles. The van der Waals surface area contributed by atoms with E-state index in [1.54, 1.807) is 30.6 Å². The molecule has 166 valence electrons. The molecule has 10 heteroatoms. The number of nitrogens with one attached hydrogen (secondary N) is 2. The van der Waals surface area contributed by atoms with E-state index in [0.29, 0.717) is 50.2 Å². The highest BCUT2D eigenvalue weighted by Crippen LogP contribution is 2.31. The minimum Gasteiger partial charge on any atom is -0.360 e. The Morgan fingerprint density at radius 3 is 2.76 bits per heavy atom. The number of nitrogens with zero attached hydrogens (tertiary/aromatic N) is 4. The van der Waals surface area contributed by atoms with Crippen molar-refractivity contribution in [1.82, 2.24) is 24.5 Å². The fourth-order valence-electron chi connectivity index (χ4n) is 3.89. The Bertz CT molecular complexity index is 1560. The molecule has 0 bridgehead atoms. The van der Waals surface area contributed by atoms with Crippen LogP contribution in [0, 0.1) is 5.82 Å². The van der Waals surface area contributed by atoms with E-state index in [4.69, 9.17) is 23.2 Å². The molecule has 0 saturated heterocycles. The monoisotopic (exact) mass is 482 g/mol. The number of H-pyrrole nitrogens is 1. The van der Waals surface area contributed by atoms with Gasteiger partial charge >= 0.3 is 0 Å². The van der Waals surface area contributed by atoms with Crippen LogP contribution in [0.2, 0.25) is 10.0 Å². The van der Waals surface area contributed by atoms with Gasteiger partial charge in [0.15, 0.2) is 11.5 Å². The number of halogens is 3. The lowest BCUT2D eigenvalue weighted by Crippen LogP contribution is -2.27. The number of imidazole rings is 1. The Hall–Kier alpha value is -3.49. The lowest BCUT2D eigenvalue weighted by Gasteiger charge is -2.24. The first-order valence-electron chi connectivity index (χ1n) is 10.2. The van der Waals surface area contributed by atoms with Crippen LogP contribution in [0.25, 0.3) is 27.6 Å². The first-order chi connectivity index (χ1) is 16.0. The second kappa shape index (κ2) is 8.46. The number of aromatic amines is 1. The summed E-state index contributed by atoms with van der Waals surface area (Å²) in [6.07, 6.45) is 3.58. The molecule has 0 aliphatic carbocycles. The molecular weight excluding hydrogens is 466 g/mol. The van der Waals surface area contributed by atoms with Crippen LogP contribution in [0.4, 0.5) is 10.2 Å². The van der Waals surface area contributed by atoms with E-state index >= 15 is 0 Å². The van der Waals surface area contributed by atoms with Gasteiger partial charge in [0.25, 0.3) is 5.56 Å². The molecule has 5 aromatic rings. The van der Waals surface area contributed by atoms with Crippen molar-refractivity contribution in [2.24, 2.45) is 0 Å². The standard InChI is InChI=1S/C23H17Cl2FN6O/c1-2-17(31-22-20-21(28-10-27-20)29-11-30-22)19-7-12-3-5-14(26)9-15(12)23(33)32(19)18-6-4-13(24)8-16(18)25/h3-11,17H,2H2,1H3,(H2,27,28,29,30,31)/t17-/m0/s1. The van der Waals surface area contributed by atoms with Crippen molar-refractivity contribution in [1.29, 1.82) is 0 Å². The van der Waals surface area contributed by atoms with Gasteiger partial charge in [0.1, 0.15) is 17.7 Å². The minimum absolute atomic E-state index is 0.247. The van der Waals surface area contributed by atoms with Crippen LogP contribution in [-0.4, -0.2) is 24.5 Å². The lowest BCUT2D eigenvalue weighted by atomic mass is 10.0. The summed E-state index contributed by atoms with van der Waals surface area (Å²) in [6.45, 7) is 1.98. The summed E-state index contributed by atoms with van der Waals surface area (Å²) in [6, 6.07) is 10.5. The zero-order valence-corrected chi connectivity index (χ0v) is 18.8. The zero-order chi connectivity index (χ0) is 23.1. The van der Waals surface area contributed by atoms with E-state index in [9.17, 15) is 9.18 Å². The molecule has 0 saturated carbocycles. The fourth-order valence-corrected chi connectivity index (χ4v) is 4.38. The Morgan fingerprint density at radius 2 is 1.97 bits per heavy atom. The van der Waals surface area contributed by atoms with Gasteiger partial charge in [0.05, 0.1) is 28.5 Å². The molecule has 0 aliphatic rings. The fraction of sp³-hybridized carbons (Fsp3) is 0.130. The molecule has 3 heterocycles. The van der Waals surface area contributed by atoms with Crippen molar-refractivity contribution < 1.29 is 4.39 Å². The van der Waals surface area contributed by atoms with Crippen LogP contribution in [-0.2, 0) is 0 Å². The molecule has 1 atom stereocenters. The molecule has 7 nitrogen and oxygen atoms in total. The van der Waals surface area contributed by atoms with Crippen molar-refractivity contribution in [2.75, 3.05) is 5.32 Å². The lowest BCUT2D eigenvalue weighted by molar-refractivity contribution is 0.629. The van der Waals surface area contributed by atoms with Crippen molar-refractivity contribution in [2.45, 2.75) is 19.4 Å². The van der Waals surface area contributed by atoms with Gasteiger partial charge in [-0.05, 0) is 48.2 Å². The summed E-state index contributed by atoms with van der Waals surface area (Å²) in [5.74, 6) is 0.0293. The Balaban J connectivity index is 1.75. The minimum atomic E-state index is -0.492. The number of hydrogen-bond acceptors (Lipinski definition) is 5. The van der Waals surface area contributed by atoms with E-state index in [1.807, 2.05) is 13.0 Å². The number of fused-ring (bicyclic) bond motifs is 2. The second-order valence-corrected chi connectivity index (χ2v) is 8.31. The molecular formula is C23H17Cl2FN6O. The average molecular weight is 483 g/mol. The molecule has 0 unspecified atom stereocenters. The Morgan fingerprint density at radius 1 is 1.12 bits per heavy atom. The van der Waals surface area contributed by atoms with Gasteiger partial charge in [0, 0.05) is 10.7 Å². The maximum Gasteiger partial charge on any atom is 0.263 e. The maximum atomic E-state index is 14.0. The largest absolute Gasteiger partial charge is 0.360 e. The van der Waals surface area contributed by atoms with Crippen LogP contribution >= 0.6 is 23.2 Å². The first-order valence-corrected chi connectivity index (χ1v) is 10.9. The summed E-state index contributed by atoms with van der Waals surface area (Å²) in [5, 5.41) is 4.99. The van der Waals surface area contributed by atoms with Crippen LogP contribution in [0.5, 0.6) is 0 Å². The first kappa shape index (κ1) is 21.4. The van der Waals surface area contributed by atoms with Gasteiger partial charge in [0.2, 0.25) is 0 Å². The predicted octanol–water partition coefficient (Wildman–Crippen LogP) is 5.67. The number of aromatic nitrogens is 5. The number of anilines is 1. The van der Waals surface area contributed by atoms with E-state index in [1.165, 1.54) is 23.0 Å². The van der Waals surface area contributed by atoms with Crippen LogP contribution in [0.1, 0.15) is 25.1 Å². The van der Waals surface area contributed by atoms with Gasteiger partial charge in [-0.2, -0.15) is 0 Å². The third kappa shape index (κ3) is 3.81. The van der Waals surface area contributed by atoms with Gasteiger partial charge < -0.3 is 10.3 Å². The zero-order valence-electron chi connectivity index (χ0n) is 17.3. The third-order valence-corrected chi connectivity index (χ3v) is 5.99. The van der Waals surface area contributed by atoms with Gasteiger partial charge in [-0.1, -0.05) is 36.2 Å². The average Bonchev–Trinajstić information content (AvgIpc) is 3.28. The summed E-state index contributed by atoms with van der Waals surface area (Å²) < 4.78 is 15.5. The van der Waals surface area contributed by atoms with Crippen molar-refractivity contribution >= 4 is 51.0 Å². The van der Waals surface area contributed by atoms with Gasteiger partial charge in [-0.3, -0.25) is 9.36 Å². The number of hydrogen-bond donors (Lipinski definition) is 2. The smallest absolute Gasteiger partial charge is 0.263 e. The quantitative estimate of drug-likeness (QED) is 0.337. The topological polar surface area (TPSA) is 88.5 Å².